The largest absolute Gasteiger partial charge is 0.480 e. The third-order valence-corrected chi connectivity index (χ3v) is 2.61. The average molecular weight is 273 g/mol. The number of carboxylic acids is 1. The maximum Gasteiger partial charge on any atom is 0.322 e. The Balaban J connectivity index is 2.83. The first-order valence-corrected chi connectivity index (χ1v) is 5.88. The number of aliphatic carboxylic acids is 1. The van der Waals surface area contributed by atoms with E-state index in [1.807, 2.05) is 32.0 Å². The van der Waals surface area contributed by atoms with Gasteiger partial charge in [-0.3, -0.25) is 9.59 Å². The monoisotopic (exact) mass is 273 g/mol. The van der Waals surface area contributed by atoms with Crippen molar-refractivity contribution in [2.24, 2.45) is 0 Å². The molecule has 1 rings (SSSR count). The number of para-hydroxylation sites is 1. The third-order valence-electron chi connectivity index (χ3n) is 2.61. The van der Waals surface area contributed by atoms with Crippen LogP contribution in [0.1, 0.15) is 11.1 Å². The topological polar surface area (TPSA) is 102 Å². The first kappa shape index (κ1) is 15.2. The molecular formula is C14H15N3O3. The van der Waals surface area contributed by atoms with E-state index < -0.39 is 18.4 Å². The number of carbonyl (C=O) groups is 2. The fourth-order valence-corrected chi connectivity index (χ4v) is 1.59. The summed E-state index contributed by atoms with van der Waals surface area (Å²) in [6.45, 7) is 3.28. The molecule has 0 saturated heterocycles. The molecule has 0 aliphatic heterocycles. The van der Waals surface area contributed by atoms with Crippen molar-refractivity contribution in [1.82, 2.24) is 5.32 Å². The molecule has 0 fully saturated rings. The highest BCUT2D eigenvalue weighted by Gasteiger charge is 2.10. The number of rotatable bonds is 5. The van der Waals surface area contributed by atoms with Crippen LogP contribution in [0.5, 0.6) is 0 Å². The molecule has 0 aliphatic carbocycles. The zero-order valence-electron chi connectivity index (χ0n) is 11.2. The number of carbonyl (C=O) groups excluding carboxylic acids is 1. The van der Waals surface area contributed by atoms with Gasteiger partial charge in [-0.25, -0.2) is 0 Å². The van der Waals surface area contributed by atoms with E-state index in [1.54, 1.807) is 6.07 Å². The number of nitrogens with one attached hydrogen (secondary N) is 2. The summed E-state index contributed by atoms with van der Waals surface area (Å²) < 4.78 is 0. The molecule has 1 amide bonds. The number of anilines is 1. The SMILES string of the molecule is Cc1cccc(C)c1N/C=C(/C#N)C(=O)NCC(=O)O. The van der Waals surface area contributed by atoms with Gasteiger partial charge in [-0.05, 0) is 25.0 Å². The molecule has 0 atom stereocenters. The van der Waals surface area contributed by atoms with Gasteiger partial charge in [-0.15, -0.1) is 0 Å². The molecule has 20 heavy (non-hydrogen) atoms. The first-order chi connectivity index (χ1) is 9.45. The number of hydrogen-bond donors (Lipinski definition) is 3. The van der Waals surface area contributed by atoms with E-state index in [2.05, 4.69) is 10.6 Å². The maximum absolute atomic E-state index is 11.6. The van der Waals surface area contributed by atoms with Crippen molar-refractivity contribution in [2.75, 3.05) is 11.9 Å². The van der Waals surface area contributed by atoms with Crippen molar-refractivity contribution in [3.8, 4) is 6.07 Å². The van der Waals surface area contributed by atoms with E-state index in [0.29, 0.717) is 0 Å². The van der Waals surface area contributed by atoms with Crippen LogP contribution < -0.4 is 10.6 Å². The van der Waals surface area contributed by atoms with Crippen LogP contribution in [0, 0.1) is 25.2 Å². The molecule has 0 bridgehead atoms. The van der Waals surface area contributed by atoms with Crippen molar-refractivity contribution < 1.29 is 14.7 Å². The van der Waals surface area contributed by atoms with E-state index in [4.69, 9.17) is 10.4 Å². The third kappa shape index (κ3) is 4.14. The van der Waals surface area contributed by atoms with Gasteiger partial charge in [0.05, 0.1) is 0 Å². The summed E-state index contributed by atoms with van der Waals surface area (Å²) in [5.41, 5.74) is 2.58. The van der Waals surface area contributed by atoms with Crippen LogP contribution in [-0.2, 0) is 9.59 Å². The Morgan fingerprint density at radius 1 is 1.35 bits per heavy atom. The number of nitrogens with zero attached hydrogens (tertiary/aromatic N) is 1. The molecule has 6 heteroatoms. The number of amides is 1. The van der Waals surface area contributed by atoms with Crippen LogP contribution in [0.25, 0.3) is 0 Å². The fourth-order valence-electron chi connectivity index (χ4n) is 1.59. The molecule has 0 unspecified atom stereocenters. The smallest absolute Gasteiger partial charge is 0.322 e. The fraction of sp³-hybridized carbons (Fsp3) is 0.214. The summed E-state index contributed by atoms with van der Waals surface area (Å²) >= 11 is 0. The van der Waals surface area contributed by atoms with Gasteiger partial charge in [0.1, 0.15) is 18.2 Å². The van der Waals surface area contributed by atoms with E-state index in [-0.39, 0.29) is 5.57 Å². The molecular weight excluding hydrogens is 258 g/mol. The second kappa shape index (κ2) is 6.95. The van der Waals surface area contributed by atoms with E-state index in [0.717, 1.165) is 16.8 Å². The Hall–Kier alpha value is -2.81. The summed E-state index contributed by atoms with van der Waals surface area (Å²) in [4.78, 5) is 21.9. The quantitative estimate of drug-likeness (QED) is 0.554. The summed E-state index contributed by atoms with van der Waals surface area (Å²) in [6, 6.07) is 7.44. The van der Waals surface area contributed by atoms with Crippen molar-refractivity contribution in [3.05, 3.63) is 41.1 Å². The van der Waals surface area contributed by atoms with Crippen LogP contribution >= 0.6 is 0 Å². The summed E-state index contributed by atoms with van der Waals surface area (Å²) in [5, 5.41) is 22.4. The highest BCUT2D eigenvalue weighted by molar-refractivity contribution is 5.98. The minimum absolute atomic E-state index is 0.186. The van der Waals surface area contributed by atoms with Gasteiger partial charge in [0.2, 0.25) is 0 Å². The number of carboxylic acid groups (broad SMARTS) is 1. The number of benzene rings is 1. The lowest BCUT2D eigenvalue weighted by Crippen LogP contribution is -2.30. The molecule has 0 spiro atoms. The van der Waals surface area contributed by atoms with Gasteiger partial charge in [-0.1, -0.05) is 18.2 Å². The van der Waals surface area contributed by atoms with Crippen molar-refractivity contribution >= 4 is 17.6 Å². The summed E-state index contributed by atoms with van der Waals surface area (Å²) in [5.74, 6) is -1.90. The molecule has 0 radical (unpaired) electrons. The minimum Gasteiger partial charge on any atom is -0.480 e. The van der Waals surface area contributed by atoms with Gasteiger partial charge in [0.25, 0.3) is 5.91 Å². The number of nitriles is 1. The molecule has 0 saturated carbocycles. The lowest BCUT2D eigenvalue weighted by atomic mass is 10.1. The molecule has 3 N–H and O–H groups in total. The number of hydrogen-bond acceptors (Lipinski definition) is 4. The van der Waals surface area contributed by atoms with Gasteiger partial charge in [0.15, 0.2) is 0 Å². The van der Waals surface area contributed by atoms with E-state index >= 15 is 0 Å². The van der Waals surface area contributed by atoms with Crippen LogP contribution in [0.3, 0.4) is 0 Å². The molecule has 0 heterocycles. The molecule has 0 aliphatic rings. The highest BCUT2D eigenvalue weighted by Crippen LogP contribution is 2.19. The van der Waals surface area contributed by atoms with Crippen molar-refractivity contribution in [3.63, 3.8) is 0 Å². The van der Waals surface area contributed by atoms with E-state index in [1.165, 1.54) is 6.20 Å². The summed E-state index contributed by atoms with van der Waals surface area (Å²) in [7, 11) is 0. The predicted molar refractivity (Wildman–Crippen MR) is 73.9 cm³/mol. The predicted octanol–water partition coefficient (Wildman–Crippen LogP) is 1.32. The Bertz CT molecular complexity index is 580. The number of aryl methyl sites for hydroxylation is 2. The zero-order chi connectivity index (χ0) is 15.1. The molecule has 1 aromatic carbocycles. The lowest BCUT2D eigenvalue weighted by Gasteiger charge is -2.09. The van der Waals surface area contributed by atoms with Gasteiger partial charge in [0, 0.05) is 11.9 Å². The zero-order valence-corrected chi connectivity index (χ0v) is 11.2. The van der Waals surface area contributed by atoms with Crippen LogP contribution in [-0.4, -0.2) is 23.5 Å². The van der Waals surface area contributed by atoms with Gasteiger partial charge >= 0.3 is 5.97 Å². The van der Waals surface area contributed by atoms with Crippen molar-refractivity contribution in [2.45, 2.75) is 13.8 Å². The Morgan fingerprint density at radius 2 is 1.95 bits per heavy atom. The second-order valence-corrected chi connectivity index (χ2v) is 4.16. The Kier molecular flexibility index (Phi) is 5.30. The second-order valence-electron chi connectivity index (χ2n) is 4.16. The van der Waals surface area contributed by atoms with Crippen LogP contribution in [0.15, 0.2) is 30.0 Å². The van der Waals surface area contributed by atoms with Crippen molar-refractivity contribution in [1.29, 1.82) is 5.26 Å². The van der Waals surface area contributed by atoms with Crippen LogP contribution in [0.4, 0.5) is 5.69 Å². The molecule has 1 aromatic rings. The molecule has 6 nitrogen and oxygen atoms in total. The van der Waals surface area contributed by atoms with Gasteiger partial charge in [-0.2, -0.15) is 5.26 Å². The standard InChI is InChI=1S/C14H15N3O3/c1-9-4-3-5-10(2)13(9)16-7-11(6-15)14(20)17-8-12(18)19/h3-5,7,16H,8H2,1-2H3,(H,17,20)(H,18,19)/b11-7-. The lowest BCUT2D eigenvalue weighted by molar-refractivity contribution is -0.137. The Labute approximate surface area is 116 Å². The molecule has 0 aromatic heterocycles. The minimum atomic E-state index is -1.17. The average Bonchev–Trinajstić information content (AvgIpc) is 2.39. The summed E-state index contributed by atoms with van der Waals surface area (Å²) in [6.07, 6.45) is 1.27. The maximum atomic E-state index is 11.6. The first-order valence-electron chi connectivity index (χ1n) is 5.88. The normalized spacial score (nSPS) is 10.6. The Morgan fingerprint density at radius 3 is 2.45 bits per heavy atom. The van der Waals surface area contributed by atoms with Crippen LogP contribution in [0.2, 0.25) is 0 Å². The molecule has 104 valence electrons. The van der Waals surface area contributed by atoms with Gasteiger partial charge < -0.3 is 15.7 Å². The highest BCUT2D eigenvalue weighted by atomic mass is 16.4. The van der Waals surface area contributed by atoms with E-state index in [9.17, 15) is 9.59 Å².